The largest absolute Gasteiger partial charge is 0.374 e. The fourth-order valence-corrected chi connectivity index (χ4v) is 1.63. The number of thioether (sulfide) groups is 2. The van der Waals surface area contributed by atoms with Gasteiger partial charge in [0.1, 0.15) is 5.04 Å². The molecule has 7 heteroatoms. The van der Waals surface area contributed by atoms with E-state index >= 15 is 0 Å². The monoisotopic (exact) mass is 238 g/mol. The first kappa shape index (κ1) is 13.7. The molecular formula is C7H14N2O3S2. The van der Waals surface area contributed by atoms with Crippen molar-refractivity contribution in [1.29, 1.82) is 0 Å². The molecule has 0 unspecified atom stereocenters. The van der Waals surface area contributed by atoms with Crippen LogP contribution < -0.4 is 0 Å². The number of aliphatic imine (C=N–C) groups is 1. The molecule has 0 aromatic rings. The minimum absolute atomic E-state index is 0.171. The SMILES string of the molecule is COCSCCN=C(C[N+](=O)[O-])SC. The van der Waals surface area contributed by atoms with Gasteiger partial charge in [-0.3, -0.25) is 15.1 Å². The highest BCUT2D eigenvalue weighted by molar-refractivity contribution is 8.13. The highest BCUT2D eigenvalue weighted by atomic mass is 32.2. The van der Waals surface area contributed by atoms with E-state index in [0.717, 1.165) is 5.75 Å². The minimum Gasteiger partial charge on any atom is -0.374 e. The molecule has 0 heterocycles. The third-order valence-corrected chi connectivity index (χ3v) is 2.83. The first-order valence-corrected chi connectivity index (χ1v) is 6.34. The molecule has 82 valence electrons. The lowest BCUT2D eigenvalue weighted by atomic mass is 10.7. The van der Waals surface area contributed by atoms with Gasteiger partial charge in [-0.2, -0.15) is 0 Å². The molecule has 0 saturated carbocycles. The Labute approximate surface area is 91.8 Å². The summed E-state index contributed by atoms with van der Waals surface area (Å²) in [6, 6.07) is 0. The van der Waals surface area contributed by atoms with Crippen LogP contribution in [-0.4, -0.2) is 48.1 Å². The fraction of sp³-hybridized carbons (Fsp3) is 0.857. The van der Waals surface area contributed by atoms with Gasteiger partial charge in [0.15, 0.2) is 0 Å². The number of hydrogen-bond donors (Lipinski definition) is 0. The summed E-state index contributed by atoms with van der Waals surface area (Å²) in [7, 11) is 1.64. The molecule has 0 spiro atoms. The lowest BCUT2D eigenvalue weighted by molar-refractivity contribution is -0.462. The van der Waals surface area contributed by atoms with Gasteiger partial charge >= 0.3 is 0 Å². The number of rotatable bonds is 7. The van der Waals surface area contributed by atoms with Gasteiger partial charge in [0.05, 0.1) is 5.94 Å². The molecule has 0 aromatic heterocycles. The first-order chi connectivity index (χ1) is 6.70. The molecule has 0 N–H and O–H groups in total. The van der Waals surface area contributed by atoms with Crippen LogP contribution in [0.25, 0.3) is 0 Å². The Balaban J connectivity index is 3.64. The summed E-state index contributed by atoms with van der Waals surface area (Å²) >= 11 is 2.95. The van der Waals surface area contributed by atoms with Crippen LogP contribution in [0.15, 0.2) is 4.99 Å². The van der Waals surface area contributed by atoms with E-state index in [-0.39, 0.29) is 11.5 Å². The summed E-state index contributed by atoms with van der Waals surface area (Å²) in [5.41, 5.74) is 0. The standard InChI is InChI=1S/C7H14N2O3S2/c1-12-6-14-4-3-8-7(13-2)5-9(10)11/h3-6H2,1-2H3. The van der Waals surface area contributed by atoms with E-state index in [0.29, 0.717) is 17.5 Å². The van der Waals surface area contributed by atoms with Crippen LogP contribution in [0, 0.1) is 10.1 Å². The van der Waals surface area contributed by atoms with Crippen molar-refractivity contribution in [3.8, 4) is 0 Å². The van der Waals surface area contributed by atoms with Crippen molar-refractivity contribution in [2.45, 2.75) is 0 Å². The van der Waals surface area contributed by atoms with Gasteiger partial charge in [-0.25, -0.2) is 0 Å². The maximum atomic E-state index is 10.2. The Kier molecular flexibility index (Phi) is 9.11. The number of nitrogens with zero attached hydrogens (tertiary/aromatic N) is 2. The Hall–Kier alpha value is -0.270. The molecule has 0 aliphatic carbocycles. The molecule has 5 nitrogen and oxygen atoms in total. The van der Waals surface area contributed by atoms with E-state index in [1.165, 1.54) is 11.8 Å². The Bertz CT molecular complexity index is 199. The van der Waals surface area contributed by atoms with E-state index in [2.05, 4.69) is 4.99 Å². The zero-order valence-electron chi connectivity index (χ0n) is 8.26. The highest BCUT2D eigenvalue weighted by Gasteiger charge is 2.04. The van der Waals surface area contributed by atoms with Crippen LogP contribution in [-0.2, 0) is 4.74 Å². The molecule has 0 aromatic carbocycles. The summed E-state index contributed by atoms with van der Waals surface area (Å²) in [5.74, 6) is 1.47. The normalized spacial score (nSPS) is 11.7. The molecule has 0 fully saturated rings. The summed E-state index contributed by atoms with van der Waals surface area (Å²) in [4.78, 5) is 13.9. The van der Waals surface area contributed by atoms with Crippen molar-refractivity contribution < 1.29 is 9.66 Å². The second-order valence-corrected chi connectivity index (χ2v) is 4.22. The van der Waals surface area contributed by atoms with E-state index in [1.807, 2.05) is 0 Å². The van der Waals surface area contributed by atoms with E-state index in [1.54, 1.807) is 25.1 Å². The molecular weight excluding hydrogens is 224 g/mol. The summed E-state index contributed by atoms with van der Waals surface area (Å²) in [6.07, 6.45) is 1.80. The summed E-state index contributed by atoms with van der Waals surface area (Å²) < 4.78 is 4.84. The van der Waals surface area contributed by atoms with Crippen LogP contribution in [0.1, 0.15) is 0 Å². The quantitative estimate of drug-likeness (QED) is 0.167. The van der Waals surface area contributed by atoms with Gasteiger partial charge in [0.25, 0.3) is 6.54 Å². The van der Waals surface area contributed by atoms with Crippen molar-refractivity contribution >= 4 is 28.6 Å². The Morgan fingerprint density at radius 2 is 2.36 bits per heavy atom. The van der Waals surface area contributed by atoms with Crippen molar-refractivity contribution in [2.75, 3.05) is 38.1 Å². The molecule has 0 radical (unpaired) electrons. The first-order valence-electron chi connectivity index (χ1n) is 3.96. The van der Waals surface area contributed by atoms with Crippen molar-refractivity contribution in [3.63, 3.8) is 0 Å². The molecule has 0 aliphatic heterocycles. The number of nitro groups is 1. The van der Waals surface area contributed by atoms with Crippen LogP contribution in [0.3, 0.4) is 0 Å². The van der Waals surface area contributed by atoms with Gasteiger partial charge in [-0.05, 0) is 6.26 Å². The van der Waals surface area contributed by atoms with Gasteiger partial charge in [-0.15, -0.1) is 23.5 Å². The maximum Gasteiger partial charge on any atom is 0.250 e. The van der Waals surface area contributed by atoms with Crippen LogP contribution in [0.5, 0.6) is 0 Å². The molecule has 0 bridgehead atoms. The van der Waals surface area contributed by atoms with Gasteiger partial charge < -0.3 is 4.74 Å². The predicted molar refractivity (Wildman–Crippen MR) is 62.0 cm³/mol. The molecule has 0 aliphatic rings. The number of ether oxygens (including phenoxy) is 1. The zero-order chi connectivity index (χ0) is 10.8. The van der Waals surface area contributed by atoms with Crippen molar-refractivity contribution in [1.82, 2.24) is 0 Å². The van der Waals surface area contributed by atoms with E-state index < -0.39 is 0 Å². The second kappa shape index (κ2) is 9.29. The lowest BCUT2D eigenvalue weighted by Gasteiger charge is -1.99. The lowest BCUT2D eigenvalue weighted by Crippen LogP contribution is -2.11. The predicted octanol–water partition coefficient (Wildman–Crippen LogP) is 1.36. The van der Waals surface area contributed by atoms with E-state index in [9.17, 15) is 10.1 Å². The highest BCUT2D eigenvalue weighted by Crippen LogP contribution is 2.02. The fourth-order valence-electron chi connectivity index (χ4n) is 0.667. The molecule has 0 amide bonds. The van der Waals surface area contributed by atoms with E-state index in [4.69, 9.17) is 4.74 Å². The molecule has 0 saturated heterocycles. The number of hydrogen-bond acceptors (Lipinski definition) is 6. The molecule has 0 atom stereocenters. The third kappa shape index (κ3) is 8.33. The summed E-state index contributed by atoms with van der Waals surface area (Å²) in [5, 5.41) is 10.8. The van der Waals surface area contributed by atoms with Crippen LogP contribution >= 0.6 is 23.5 Å². The maximum absolute atomic E-state index is 10.2. The average Bonchev–Trinajstić information content (AvgIpc) is 2.15. The Morgan fingerprint density at radius 3 is 2.86 bits per heavy atom. The van der Waals surface area contributed by atoms with Crippen molar-refractivity contribution in [2.24, 2.45) is 4.99 Å². The van der Waals surface area contributed by atoms with Gasteiger partial charge in [0, 0.05) is 24.3 Å². The molecule has 14 heavy (non-hydrogen) atoms. The topological polar surface area (TPSA) is 64.7 Å². The van der Waals surface area contributed by atoms with Crippen molar-refractivity contribution in [3.05, 3.63) is 10.1 Å². The average molecular weight is 238 g/mol. The number of methoxy groups -OCH3 is 1. The minimum atomic E-state index is -0.363. The third-order valence-electron chi connectivity index (χ3n) is 1.22. The van der Waals surface area contributed by atoms with Gasteiger partial charge in [-0.1, -0.05) is 0 Å². The molecule has 0 rings (SSSR count). The van der Waals surface area contributed by atoms with Gasteiger partial charge in [0.2, 0.25) is 0 Å². The van der Waals surface area contributed by atoms with Crippen LogP contribution in [0.4, 0.5) is 0 Å². The van der Waals surface area contributed by atoms with Crippen LogP contribution in [0.2, 0.25) is 0 Å². The smallest absolute Gasteiger partial charge is 0.250 e. The zero-order valence-corrected chi connectivity index (χ0v) is 9.90. The second-order valence-electron chi connectivity index (χ2n) is 2.29. The Morgan fingerprint density at radius 1 is 1.64 bits per heavy atom. The summed E-state index contributed by atoms with van der Waals surface area (Å²) in [6.45, 7) is 0.439.